The first kappa shape index (κ1) is 36.4. The molecule has 3 aromatic rings. The molecule has 0 aliphatic carbocycles. The molecule has 16 heteroatoms. The summed E-state index contributed by atoms with van der Waals surface area (Å²) in [5.41, 5.74) is 7.13. The number of rotatable bonds is 18. The minimum Gasteiger partial charge on any atom is -0.508 e. The van der Waals surface area contributed by atoms with Crippen LogP contribution in [0.1, 0.15) is 23.2 Å². The van der Waals surface area contributed by atoms with Crippen LogP contribution in [0.15, 0.2) is 61.1 Å². The molecule has 4 amide bonds. The predicted octanol–water partition coefficient (Wildman–Crippen LogP) is -0.416. The Kier molecular flexibility index (Phi) is 14.1. The summed E-state index contributed by atoms with van der Waals surface area (Å²) >= 11 is 1.42. The molecular weight excluding hydrogens is 630 g/mol. The van der Waals surface area contributed by atoms with Crippen LogP contribution in [-0.2, 0) is 43.2 Å². The van der Waals surface area contributed by atoms with E-state index in [-0.39, 0.29) is 43.7 Å². The number of aromatic amines is 1. The number of aromatic nitrogens is 2. The second-order valence-corrected chi connectivity index (χ2v) is 11.6. The number of carboxylic acid groups (broad SMARTS) is 1. The highest BCUT2D eigenvalue weighted by molar-refractivity contribution is 7.98. The largest absolute Gasteiger partial charge is 0.508 e. The number of hydrogen-bond donors (Lipinski definition) is 9. The number of amides is 4. The van der Waals surface area contributed by atoms with Crippen LogP contribution in [0.4, 0.5) is 0 Å². The number of phenolic OH excluding ortho intramolecular Hbond substituents is 2. The lowest BCUT2D eigenvalue weighted by Gasteiger charge is -2.26. The van der Waals surface area contributed by atoms with E-state index in [1.165, 1.54) is 48.6 Å². The number of carbonyl (C=O) groups excluding carboxylic acids is 4. The summed E-state index contributed by atoms with van der Waals surface area (Å²) in [5, 5.41) is 39.4. The number of aromatic hydroxyl groups is 2. The van der Waals surface area contributed by atoms with Crippen molar-refractivity contribution in [3.05, 3.63) is 77.9 Å². The molecule has 0 unspecified atom stereocenters. The van der Waals surface area contributed by atoms with E-state index < -0.39 is 53.8 Å². The van der Waals surface area contributed by atoms with Gasteiger partial charge in [-0.15, -0.1) is 0 Å². The number of thioether (sulfide) groups is 1. The van der Waals surface area contributed by atoms with E-state index in [2.05, 4.69) is 31.2 Å². The molecule has 4 atom stereocenters. The van der Waals surface area contributed by atoms with E-state index in [1.807, 2.05) is 6.26 Å². The summed E-state index contributed by atoms with van der Waals surface area (Å²) < 4.78 is 0. The standard InChI is InChI=1S/C31H39N7O8S/c1-47-11-10-23(28(42)38-26(31(45)46)14-20-16-33-17-34-20)36-30(44)25(13-19-4-8-22(40)9-5-19)37-29(43)24(35-27(41)15-32)12-18-2-6-21(39)7-3-18/h2-9,16-17,23-26,39-40H,10-15,32H2,1H3,(H,33,34)(H,35,41)(H,36,44)(H,37,43)(H,38,42)(H,45,46)/t23-,24-,25-,26-/m0/s1. The molecule has 0 aliphatic heterocycles. The van der Waals surface area contributed by atoms with Crippen LogP contribution in [0.25, 0.3) is 0 Å². The van der Waals surface area contributed by atoms with Gasteiger partial charge in [0.2, 0.25) is 23.6 Å². The van der Waals surface area contributed by atoms with Crippen LogP contribution in [0.5, 0.6) is 11.5 Å². The van der Waals surface area contributed by atoms with Gasteiger partial charge in [-0.3, -0.25) is 19.2 Å². The van der Waals surface area contributed by atoms with Gasteiger partial charge in [0.25, 0.3) is 0 Å². The van der Waals surface area contributed by atoms with E-state index in [0.717, 1.165) is 0 Å². The number of phenols is 2. The molecule has 0 saturated carbocycles. The highest BCUT2D eigenvalue weighted by Gasteiger charge is 2.31. The fourth-order valence-corrected chi connectivity index (χ4v) is 5.02. The Bertz CT molecular complexity index is 1490. The molecule has 15 nitrogen and oxygen atoms in total. The zero-order valence-corrected chi connectivity index (χ0v) is 26.5. The molecule has 252 valence electrons. The maximum absolute atomic E-state index is 13.8. The first-order chi connectivity index (χ1) is 22.5. The highest BCUT2D eigenvalue weighted by atomic mass is 32.2. The number of aliphatic carboxylic acids is 1. The number of imidazole rings is 1. The van der Waals surface area contributed by atoms with Gasteiger partial charge in [-0.2, -0.15) is 11.8 Å². The zero-order valence-electron chi connectivity index (χ0n) is 25.6. The van der Waals surface area contributed by atoms with Crippen molar-refractivity contribution in [2.45, 2.75) is 49.9 Å². The zero-order chi connectivity index (χ0) is 34.3. The van der Waals surface area contributed by atoms with Crippen LogP contribution in [0.3, 0.4) is 0 Å². The van der Waals surface area contributed by atoms with Crippen molar-refractivity contribution in [1.82, 2.24) is 31.2 Å². The van der Waals surface area contributed by atoms with Gasteiger partial charge in [0.15, 0.2) is 0 Å². The lowest BCUT2D eigenvalue weighted by molar-refractivity contribution is -0.142. The van der Waals surface area contributed by atoms with Crippen LogP contribution < -0.4 is 27.0 Å². The van der Waals surface area contributed by atoms with Crippen LogP contribution in [-0.4, -0.2) is 97.6 Å². The van der Waals surface area contributed by atoms with Gasteiger partial charge in [-0.05, 0) is 53.8 Å². The Balaban J connectivity index is 1.84. The summed E-state index contributed by atoms with van der Waals surface area (Å²) in [6.07, 6.45) is 4.69. The number of benzene rings is 2. The normalized spacial score (nSPS) is 13.4. The minimum absolute atomic E-state index is 0.00541. The number of H-pyrrole nitrogens is 1. The molecule has 0 radical (unpaired) electrons. The molecule has 0 saturated heterocycles. The number of nitrogens with one attached hydrogen (secondary N) is 5. The lowest BCUT2D eigenvalue weighted by Crippen LogP contribution is -2.59. The van der Waals surface area contributed by atoms with Gasteiger partial charge in [0.1, 0.15) is 35.7 Å². The Hall–Kier alpha value is -5.09. The topological polar surface area (TPSA) is 249 Å². The van der Waals surface area contributed by atoms with Gasteiger partial charge < -0.3 is 47.3 Å². The third-order valence-corrected chi connectivity index (χ3v) is 7.70. The van der Waals surface area contributed by atoms with Crippen molar-refractivity contribution < 1.29 is 39.3 Å². The SMILES string of the molecule is CSCC[C@H](NC(=O)[C@H](Cc1ccc(O)cc1)NC(=O)[C@H](Cc1ccc(O)cc1)NC(=O)CN)C(=O)N[C@@H](Cc1cnc[nH]1)C(=O)O. The Labute approximate surface area is 275 Å². The number of carboxylic acids is 1. The van der Waals surface area contributed by atoms with Gasteiger partial charge >= 0.3 is 5.97 Å². The molecule has 1 heterocycles. The van der Waals surface area contributed by atoms with Crippen molar-refractivity contribution in [2.24, 2.45) is 5.73 Å². The molecule has 3 rings (SSSR count). The van der Waals surface area contributed by atoms with E-state index in [0.29, 0.717) is 22.6 Å². The fourth-order valence-electron chi connectivity index (χ4n) is 4.55. The van der Waals surface area contributed by atoms with Gasteiger partial charge in [-0.25, -0.2) is 9.78 Å². The molecule has 0 spiro atoms. The quantitative estimate of drug-likeness (QED) is 0.0842. The van der Waals surface area contributed by atoms with Crippen molar-refractivity contribution >= 4 is 41.4 Å². The highest BCUT2D eigenvalue weighted by Crippen LogP contribution is 2.14. The van der Waals surface area contributed by atoms with Gasteiger partial charge in [-0.1, -0.05) is 24.3 Å². The monoisotopic (exact) mass is 669 g/mol. The lowest BCUT2D eigenvalue weighted by atomic mass is 10.0. The summed E-state index contributed by atoms with van der Waals surface area (Å²) in [5.74, 6) is -3.60. The molecule has 2 aromatic carbocycles. The third kappa shape index (κ3) is 12.0. The van der Waals surface area contributed by atoms with Crippen molar-refractivity contribution in [3.63, 3.8) is 0 Å². The molecular formula is C31H39N7O8S. The van der Waals surface area contributed by atoms with E-state index in [9.17, 15) is 39.3 Å². The molecule has 0 fully saturated rings. The fraction of sp³-hybridized carbons (Fsp3) is 0.355. The molecule has 1 aromatic heterocycles. The summed E-state index contributed by atoms with van der Waals surface area (Å²) in [7, 11) is 0. The van der Waals surface area contributed by atoms with Gasteiger partial charge in [0, 0.05) is 31.2 Å². The van der Waals surface area contributed by atoms with Crippen LogP contribution in [0, 0.1) is 0 Å². The average molecular weight is 670 g/mol. The third-order valence-electron chi connectivity index (χ3n) is 7.06. The van der Waals surface area contributed by atoms with E-state index in [1.54, 1.807) is 24.3 Å². The van der Waals surface area contributed by atoms with E-state index >= 15 is 0 Å². The average Bonchev–Trinajstić information content (AvgIpc) is 3.57. The van der Waals surface area contributed by atoms with Crippen molar-refractivity contribution in [2.75, 3.05) is 18.6 Å². The molecule has 0 aliphatic rings. The minimum atomic E-state index is -1.31. The van der Waals surface area contributed by atoms with Crippen molar-refractivity contribution in [1.29, 1.82) is 0 Å². The first-order valence-electron chi connectivity index (χ1n) is 14.6. The van der Waals surface area contributed by atoms with Gasteiger partial charge in [0.05, 0.1) is 12.9 Å². The summed E-state index contributed by atoms with van der Waals surface area (Å²) in [6, 6.07) is 7.12. The number of carbonyl (C=O) groups is 5. The summed E-state index contributed by atoms with van der Waals surface area (Å²) in [4.78, 5) is 71.5. The second kappa shape index (κ2) is 18.2. The van der Waals surface area contributed by atoms with Crippen molar-refractivity contribution in [3.8, 4) is 11.5 Å². The Morgan fingerprint density at radius 2 is 1.26 bits per heavy atom. The smallest absolute Gasteiger partial charge is 0.326 e. The summed E-state index contributed by atoms with van der Waals surface area (Å²) in [6.45, 7) is -0.388. The number of nitrogens with zero attached hydrogens (tertiary/aromatic N) is 1. The first-order valence-corrected chi connectivity index (χ1v) is 16.0. The number of nitrogens with two attached hydrogens (primary N) is 1. The molecule has 10 N–H and O–H groups in total. The van der Waals surface area contributed by atoms with Crippen LogP contribution in [0.2, 0.25) is 0 Å². The van der Waals surface area contributed by atoms with Crippen LogP contribution >= 0.6 is 11.8 Å². The Morgan fingerprint density at radius 3 is 1.72 bits per heavy atom. The Morgan fingerprint density at radius 1 is 0.766 bits per heavy atom. The number of hydrogen-bond acceptors (Lipinski definition) is 10. The maximum Gasteiger partial charge on any atom is 0.326 e. The maximum atomic E-state index is 13.8. The van der Waals surface area contributed by atoms with E-state index in [4.69, 9.17) is 5.73 Å². The predicted molar refractivity (Wildman–Crippen MR) is 173 cm³/mol. The molecule has 0 bridgehead atoms. The molecule has 47 heavy (non-hydrogen) atoms. The second-order valence-electron chi connectivity index (χ2n) is 10.6.